The molecule has 0 aromatic heterocycles. The summed E-state index contributed by atoms with van der Waals surface area (Å²) in [5, 5.41) is 3.41. The molecule has 88 valence electrons. The fraction of sp³-hybridized carbons (Fsp3) is 0.500. The quantitative estimate of drug-likeness (QED) is 0.923. The lowest BCUT2D eigenvalue weighted by atomic mass is 10.1. The van der Waals surface area contributed by atoms with Crippen LogP contribution in [0, 0.1) is 5.92 Å². The Kier molecular flexibility index (Phi) is 4.07. The molecular formula is C12H16BrNO2. The second kappa shape index (κ2) is 5.55. The Morgan fingerprint density at radius 2 is 2.44 bits per heavy atom. The van der Waals surface area contributed by atoms with E-state index in [2.05, 4.69) is 21.2 Å². The Bertz CT molecular complexity index is 351. The second-order valence-electron chi connectivity index (χ2n) is 3.96. The summed E-state index contributed by atoms with van der Waals surface area (Å²) in [5.74, 6) is 1.50. The highest BCUT2D eigenvalue weighted by Gasteiger charge is 2.15. The van der Waals surface area contributed by atoms with Crippen LogP contribution >= 0.6 is 15.9 Å². The maximum atomic E-state index is 5.34. The van der Waals surface area contributed by atoms with Gasteiger partial charge in [-0.15, -0.1) is 0 Å². The van der Waals surface area contributed by atoms with E-state index in [1.54, 1.807) is 7.11 Å². The zero-order valence-corrected chi connectivity index (χ0v) is 10.9. The number of hydrogen-bond acceptors (Lipinski definition) is 3. The van der Waals surface area contributed by atoms with Gasteiger partial charge >= 0.3 is 0 Å². The van der Waals surface area contributed by atoms with Crippen molar-refractivity contribution in [3.8, 4) is 5.75 Å². The van der Waals surface area contributed by atoms with Crippen molar-refractivity contribution >= 4 is 21.6 Å². The van der Waals surface area contributed by atoms with Gasteiger partial charge in [-0.05, 0) is 40.5 Å². The smallest absolute Gasteiger partial charge is 0.133 e. The number of rotatable bonds is 4. The molecule has 1 saturated heterocycles. The molecule has 0 spiro atoms. The van der Waals surface area contributed by atoms with Gasteiger partial charge in [-0.3, -0.25) is 0 Å². The highest BCUT2D eigenvalue weighted by Crippen LogP contribution is 2.28. The van der Waals surface area contributed by atoms with Crippen molar-refractivity contribution in [1.82, 2.24) is 0 Å². The highest BCUT2D eigenvalue weighted by atomic mass is 79.9. The van der Waals surface area contributed by atoms with Crippen LogP contribution in [0.25, 0.3) is 0 Å². The van der Waals surface area contributed by atoms with E-state index in [0.29, 0.717) is 5.92 Å². The van der Waals surface area contributed by atoms with Gasteiger partial charge in [0.15, 0.2) is 0 Å². The molecule has 0 saturated carbocycles. The van der Waals surface area contributed by atoms with Crippen molar-refractivity contribution in [1.29, 1.82) is 0 Å². The summed E-state index contributed by atoms with van der Waals surface area (Å²) in [6.45, 7) is 2.75. The predicted molar refractivity (Wildman–Crippen MR) is 68.1 cm³/mol. The van der Waals surface area contributed by atoms with Gasteiger partial charge < -0.3 is 14.8 Å². The average molecular weight is 286 g/mol. The molecule has 1 aromatic rings. The molecule has 16 heavy (non-hydrogen) atoms. The third-order valence-electron chi connectivity index (χ3n) is 2.77. The van der Waals surface area contributed by atoms with Crippen molar-refractivity contribution in [2.75, 3.05) is 32.2 Å². The number of hydrogen-bond donors (Lipinski definition) is 1. The predicted octanol–water partition coefficient (Wildman–Crippen LogP) is 2.91. The number of halogens is 1. The number of benzene rings is 1. The number of methoxy groups -OCH3 is 1. The van der Waals surface area contributed by atoms with E-state index in [1.807, 2.05) is 18.2 Å². The molecule has 3 nitrogen and oxygen atoms in total. The maximum Gasteiger partial charge on any atom is 0.133 e. The molecule has 0 radical (unpaired) electrons. The van der Waals surface area contributed by atoms with E-state index in [1.165, 1.54) is 0 Å². The van der Waals surface area contributed by atoms with Gasteiger partial charge in [0.25, 0.3) is 0 Å². The average Bonchev–Trinajstić information content (AvgIpc) is 2.79. The lowest BCUT2D eigenvalue weighted by Crippen LogP contribution is -2.13. The summed E-state index contributed by atoms with van der Waals surface area (Å²) < 4.78 is 11.5. The van der Waals surface area contributed by atoms with Crippen molar-refractivity contribution in [3.05, 3.63) is 22.7 Å². The molecule has 1 aliphatic rings. The van der Waals surface area contributed by atoms with Gasteiger partial charge in [-0.25, -0.2) is 0 Å². The van der Waals surface area contributed by atoms with Gasteiger partial charge in [0, 0.05) is 24.8 Å². The van der Waals surface area contributed by atoms with E-state index in [4.69, 9.17) is 9.47 Å². The minimum Gasteiger partial charge on any atom is -0.496 e. The molecular weight excluding hydrogens is 270 g/mol. The standard InChI is InChI=1S/C12H16BrNO2/c1-15-12-3-2-10(6-11(12)13)14-7-9-4-5-16-8-9/h2-3,6,9,14H,4-5,7-8H2,1H3. The third-order valence-corrected chi connectivity index (χ3v) is 3.39. The summed E-state index contributed by atoms with van der Waals surface area (Å²) in [6, 6.07) is 6.02. The van der Waals surface area contributed by atoms with E-state index < -0.39 is 0 Å². The molecule has 2 rings (SSSR count). The molecule has 1 aromatic carbocycles. The summed E-state index contributed by atoms with van der Waals surface area (Å²) in [5.41, 5.74) is 1.11. The zero-order chi connectivity index (χ0) is 11.4. The zero-order valence-electron chi connectivity index (χ0n) is 9.33. The van der Waals surface area contributed by atoms with Crippen LogP contribution in [-0.4, -0.2) is 26.9 Å². The summed E-state index contributed by atoms with van der Waals surface area (Å²) in [7, 11) is 1.67. The van der Waals surface area contributed by atoms with Crippen LogP contribution in [0.4, 0.5) is 5.69 Å². The fourth-order valence-corrected chi connectivity index (χ4v) is 2.32. The van der Waals surface area contributed by atoms with Crippen molar-refractivity contribution < 1.29 is 9.47 Å². The Labute approximate surface area is 104 Å². The minimum absolute atomic E-state index is 0.640. The molecule has 0 aliphatic carbocycles. The summed E-state index contributed by atoms with van der Waals surface area (Å²) in [4.78, 5) is 0. The SMILES string of the molecule is COc1ccc(NCC2CCOC2)cc1Br. The molecule has 1 aliphatic heterocycles. The first-order valence-corrected chi connectivity index (χ1v) is 6.24. The van der Waals surface area contributed by atoms with Crippen molar-refractivity contribution in [2.45, 2.75) is 6.42 Å². The second-order valence-corrected chi connectivity index (χ2v) is 4.81. The van der Waals surface area contributed by atoms with Crippen LogP contribution < -0.4 is 10.1 Å². The minimum atomic E-state index is 0.640. The first-order valence-electron chi connectivity index (χ1n) is 5.45. The maximum absolute atomic E-state index is 5.34. The van der Waals surface area contributed by atoms with Crippen LogP contribution in [0.2, 0.25) is 0 Å². The van der Waals surface area contributed by atoms with Crippen LogP contribution in [0.5, 0.6) is 5.75 Å². The third kappa shape index (κ3) is 2.89. The lowest BCUT2D eigenvalue weighted by Gasteiger charge is -2.12. The van der Waals surface area contributed by atoms with Crippen LogP contribution in [0.15, 0.2) is 22.7 Å². The van der Waals surface area contributed by atoms with Crippen molar-refractivity contribution in [3.63, 3.8) is 0 Å². The summed E-state index contributed by atoms with van der Waals surface area (Å²) >= 11 is 3.47. The molecule has 1 heterocycles. The molecule has 1 atom stereocenters. The van der Waals surface area contributed by atoms with E-state index in [0.717, 1.165) is 42.1 Å². The largest absolute Gasteiger partial charge is 0.496 e. The van der Waals surface area contributed by atoms with E-state index in [-0.39, 0.29) is 0 Å². The van der Waals surface area contributed by atoms with E-state index >= 15 is 0 Å². The lowest BCUT2D eigenvalue weighted by molar-refractivity contribution is 0.187. The Morgan fingerprint density at radius 1 is 1.56 bits per heavy atom. The molecule has 4 heteroatoms. The number of nitrogens with one attached hydrogen (secondary N) is 1. The molecule has 1 N–H and O–H groups in total. The molecule has 0 amide bonds. The van der Waals surface area contributed by atoms with Crippen LogP contribution in [0.1, 0.15) is 6.42 Å². The van der Waals surface area contributed by atoms with Gasteiger partial charge in [-0.2, -0.15) is 0 Å². The van der Waals surface area contributed by atoms with Gasteiger partial charge in [-0.1, -0.05) is 0 Å². The van der Waals surface area contributed by atoms with Crippen molar-refractivity contribution in [2.24, 2.45) is 5.92 Å². The first-order chi connectivity index (χ1) is 7.79. The Balaban J connectivity index is 1.91. The van der Waals surface area contributed by atoms with Crippen LogP contribution in [-0.2, 0) is 4.74 Å². The van der Waals surface area contributed by atoms with E-state index in [9.17, 15) is 0 Å². The van der Waals surface area contributed by atoms with Crippen LogP contribution in [0.3, 0.4) is 0 Å². The summed E-state index contributed by atoms with van der Waals surface area (Å²) in [6.07, 6.45) is 1.16. The number of anilines is 1. The topological polar surface area (TPSA) is 30.5 Å². The number of ether oxygens (including phenoxy) is 2. The van der Waals surface area contributed by atoms with Gasteiger partial charge in [0.1, 0.15) is 5.75 Å². The Hall–Kier alpha value is -0.740. The molecule has 1 unspecified atom stereocenters. The van der Waals surface area contributed by atoms with Gasteiger partial charge in [0.2, 0.25) is 0 Å². The Morgan fingerprint density at radius 3 is 3.06 bits per heavy atom. The normalized spacial score (nSPS) is 19.8. The first kappa shape index (κ1) is 11.7. The highest BCUT2D eigenvalue weighted by molar-refractivity contribution is 9.10. The fourth-order valence-electron chi connectivity index (χ4n) is 1.78. The monoisotopic (exact) mass is 285 g/mol. The molecule has 0 bridgehead atoms. The van der Waals surface area contributed by atoms with Gasteiger partial charge in [0.05, 0.1) is 18.2 Å². The molecule has 1 fully saturated rings.